The minimum Gasteiger partial charge on any atom is -0.507 e. The number of pyridine rings is 1. The lowest BCUT2D eigenvalue weighted by Crippen LogP contribution is -2.26. The number of hydrogen-bond donors (Lipinski definition) is 1. The Morgan fingerprint density at radius 1 is 1.05 bits per heavy atom. The predicted molar refractivity (Wildman–Crippen MR) is 84.4 cm³/mol. The second kappa shape index (κ2) is 6.18. The number of nitrogens with zero attached hydrogens (tertiary/aromatic N) is 1. The average molecular weight is 297 g/mol. The molecule has 0 radical (unpaired) electrons. The monoisotopic (exact) mass is 297 g/mol. The maximum atomic E-state index is 12.5. The molecule has 0 aliphatic heterocycles. The Labute approximate surface area is 129 Å². The third-order valence-electron chi connectivity index (χ3n) is 4.32. The van der Waals surface area contributed by atoms with Crippen LogP contribution in [-0.4, -0.2) is 15.5 Å². The maximum Gasteiger partial charge on any atom is 0.250 e. The molecule has 4 heteroatoms. The van der Waals surface area contributed by atoms with Gasteiger partial charge >= 0.3 is 0 Å². The van der Waals surface area contributed by atoms with Gasteiger partial charge in [-0.15, -0.1) is 0 Å². The lowest BCUT2D eigenvalue weighted by atomic mass is 9.95. The van der Waals surface area contributed by atoms with E-state index in [9.17, 15) is 14.7 Å². The van der Waals surface area contributed by atoms with Crippen molar-refractivity contribution >= 4 is 5.78 Å². The lowest BCUT2D eigenvalue weighted by molar-refractivity contribution is 0.103. The van der Waals surface area contributed by atoms with E-state index in [0.29, 0.717) is 5.56 Å². The molecule has 1 aromatic carbocycles. The highest BCUT2D eigenvalue weighted by atomic mass is 16.3. The van der Waals surface area contributed by atoms with Gasteiger partial charge in [0.15, 0.2) is 5.78 Å². The van der Waals surface area contributed by atoms with Crippen LogP contribution in [0.4, 0.5) is 0 Å². The molecule has 0 amide bonds. The molecule has 1 saturated carbocycles. The molecule has 1 heterocycles. The summed E-state index contributed by atoms with van der Waals surface area (Å²) in [4.78, 5) is 24.6. The zero-order valence-electron chi connectivity index (χ0n) is 12.4. The smallest absolute Gasteiger partial charge is 0.250 e. The fourth-order valence-corrected chi connectivity index (χ4v) is 3.10. The molecule has 1 aliphatic carbocycles. The van der Waals surface area contributed by atoms with Crippen molar-refractivity contribution in [3.63, 3.8) is 0 Å². The van der Waals surface area contributed by atoms with E-state index >= 15 is 0 Å². The van der Waals surface area contributed by atoms with Gasteiger partial charge in [0.25, 0.3) is 5.56 Å². The van der Waals surface area contributed by atoms with Crippen molar-refractivity contribution in [2.75, 3.05) is 0 Å². The highest BCUT2D eigenvalue weighted by Crippen LogP contribution is 2.27. The number of phenolic OH excluding ortho intramolecular Hbond substituents is 1. The Morgan fingerprint density at radius 3 is 2.50 bits per heavy atom. The van der Waals surface area contributed by atoms with E-state index in [2.05, 4.69) is 0 Å². The molecule has 1 fully saturated rings. The number of hydrogen-bond acceptors (Lipinski definition) is 3. The van der Waals surface area contributed by atoms with Gasteiger partial charge in [0.1, 0.15) is 5.75 Å². The number of aromatic nitrogens is 1. The Bertz CT molecular complexity index is 742. The van der Waals surface area contributed by atoms with Crippen molar-refractivity contribution in [3.05, 3.63) is 64.1 Å². The normalized spacial score (nSPS) is 15.6. The lowest BCUT2D eigenvalue weighted by Gasteiger charge is -2.24. The van der Waals surface area contributed by atoms with Crippen LogP contribution in [0, 0.1) is 0 Å². The Hall–Kier alpha value is -2.36. The second-order valence-electron chi connectivity index (χ2n) is 5.80. The van der Waals surface area contributed by atoms with Gasteiger partial charge in [0.05, 0.1) is 5.56 Å². The second-order valence-corrected chi connectivity index (χ2v) is 5.80. The van der Waals surface area contributed by atoms with E-state index in [1.54, 1.807) is 29.0 Å². The van der Waals surface area contributed by atoms with Gasteiger partial charge in [-0.3, -0.25) is 9.59 Å². The topological polar surface area (TPSA) is 59.3 Å². The molecular formula is C18H19NO3. The summed E-state index contributed by atoms with van der Waals surface area (Å²) in [5.41, 5.74) is 0.628. The first-order chi connectivity index (χ1) is 10.7. The van der Waals surface area contributed by atoms with Crippen LogP contribution in [0.1, 0.15) is 54.1 Å². The minimum atomic E-state index is -0.261. The van der Waals surface area contributed by atoms with Crippen molar-refractivity contribution in [2.24, 2.45) is 0 Å². The zero-order valence-corrected chi connectivity index (χ0v) is 12.4. The number of carbonyl (C=O) groups excluding carboxylic acids is 1. The molecule has 114 valence electrons. The summed E-state index contributed by atoms with van der Waals surface area (Å²) in [6, 6.07) is 9.63. The summed E-state index contributed by atoms with van der Waals surface area (Å²) in [5, 5.41) is 9.83. The van der Waals surface area contributed by atoms with Crippen LogP contribution in [-0.2, 0) is 0 Å². The number of phenols is 1. The van der Waals surface area contributed by atoms with Crippen molar-refractivity contribution < 1.29 is 9.90 Å². The summed E-state index contributed by atoms with van der Waals surface area (Å²) in [7, 11) is 0. The van der Waals surface area contributed by atoms with E-state index in [1.807, 2.05) is 0 Å². The largest absolute Gasteiger partial charge is 0.507 e. The fourth-order valence-electron chi connectivity index (χ4n) is 3.10. The molecular weight excluding hydrogens is 278 g/mol. The van der Waals surface area contributed by atoms with Crippen LogP contribution in [0.2, 0.25) is 0 Å². The molecule has 0 spiro atoms. The number of para-hydroxylation sites is 1. The number of aromatic hydroxyl groups is 1. The molecule has 0 saturated heterocycles. The number of benzene rings is 1. The van der Waals surface area contributed by atoms with Gasteiger partial charge in [0.2, 0.25) is 0 Å². The Kier molecular flexibility index (Phi) is 4.09. The number of rotatable bonds is 3. The van der Waals surface area contributed by atoms with Crippen molar-refractivity contribution in [2.45, 2.75) is 38.1 Å². The molecule has 0 atom stereocenters. The van der Waals surface area contributed by atoms with Gasteiger partial charge < -0.3 is 9.67 Å². The van der Waals surface area contributed by atoms with E-state index < -0.39 is 0 Å². The first-order valence-corrected chi connectivity index (χ1v) is 7.72. The molecule has 2 aromatic rings. The van der Waals surface area contributed by atoms with Gasteiger partial charge in [-0.2, -0.15) is 0 Å². The number of carbonyl (C=O) groups is 1. The molecule has 1 aromatic heterocycles. The van der Waals surface area contributed by atoms with Gasteiger partial charge in [-0.25, -0.2) is 0 Å². The van der Waals surface area contributed by atoms with Crippen LogP contribution < -0.4 is 5.56 Å². The van der Waals surface area contributed by atoms with E-state index in [-0.39, 0.29) is 28.7 Å². The molecule has 1 aliphatic rings. The summed E-state index contributed by atoms with van der Waals surface area (Å²) in [5.74, 6) is -0.300. The van der Waals surface area contributed by atoms with E-state index in [1.165, 1.54) is 24.6 Å². The highest BCUT2D eigenvalue weighted by molar-refractivity contribution is 6.10. The van der Waals surface area contributed by atoms with Crippen molar-refractivity contribution in [1.82, 2.24) is 4.57 Å². The Morgan fingerprint density at radius 2 is 1.77 bits per heavy atom. The SMILES string of the molecule is O=C(c1ccc(=O)n(C2CCCCC2)c1)c1ccccc1O. The minimum absolute atomic E-state index is 0.0390. The molecule has 22 heavy (non-hydrogen) atoms. The molecule has 3 rings (SSSR count). The summed E-state index contributed by atoms with van der Waals surface area (Å²) < 4.78 is 1.69. The van der Waals surface area contributed by atoms with Gasteiger partial charge in [-0.1, -0.05) is 31.4 Å². The molecule has 0 bridgehead atoms. The predicted octanol–water partition coefficient (Wildman–Crippen LogP) is 3.29. The fraction of sp³-hybridized carbons (Fsp3) is 0.333. The third-order valence-corrected chi connectivity index (χ3v) is 4.32. The maximum absolute atomic E-state index is 12.5. The third kappa shape index (κ3) is 2.82. The van der Waals surface area contributed by atoms with E-state index in [0.717, 1.165) is 25.7 Å². The van der Waals surface area contributed by atoms with Crippen LogP contribution in [0.15, 0.2) is 47.4 Å². The van der Waals surface area contributed by atoms with Crippen LogP contribution in [0.5, 0.6) is 5.75 Å². The Balaban J connectivity index is 1.96. The van der Waals surface area contributed by atoms with Gasteiger partial charge in [-0.05, 0) is 31.0 Å². The van der Waals surface area contributed by atoms with Crippen molar-refractivity contribution in [3.8, 4) is 5.75 Å². The van der Waals surface area contributed by atoms with Crippen LogP contribution in [0.25, 0.3) is 0 Å². The number of ketones is 1. The van der Waals surface area contributed by atoms with Crippen molar-refractivity contribution in [1.29, 1.82) is 0 Å². The van der Waals surface area contributed by atoms with E-state index in [4.69, 9.17) is 0 Å². The molecule has 1 N–H and O–H groups in total. The zero-order chi connectivity index (χ0) is 15.5. The average Bonchev–Trinajstić information content (AvgIpc) is 2.56. The molecule has 0 unspecified atom stereocenters. The summed E-state index contributed by atoms with van der Waals surface area (Å²) >= 11 is 0. The first-order valence-electron chi connectivity index (χ1n) is 7.72. The van der Waals surface area contributed by atoms with Crippen LogP contribution in [0.3, 0.4) is 0 Å². The van der Waals surface area contributed by atoms with Gasteiger partial charge in [0, 0.05) is 23.9 Å². The standard InChI is InChI=1S/C18H19NO3/c20-16-9-5-4-8-15(16)18(22)13-10-11-17(21)19(12-13)14-6-2-1-3-7-14/h4-5,8-12,14,20H,1-3,6-7H2. The molecule has 4 nitrogen and oxygen atoms in total. The highest BCUT2D eigenvalue weighted by Gasteiger charge is 2.19. The quantitative estimate of drug-likeness (QED) is 0.884. The van der Waals surface area contributed by atoms with Crippen LogP contribution >= 0.6 is 0 Å². The summed E-state index contributed by atoms with van der Waals surface area (Å²) in [6.45, 7) is 0. The summed E-state index contributed by atoms with van der Waals surface area (Å²) in [6.07, 6.45) is 7.06. The first kappa shape index (κ1) is 14.6.